The molecule has 1 aliphatic rings. The molecule has 1 aliphatic carbocycles. The third-order valence-electron chi connectivity index (χ3n) is 4.79. The van der Waals surface area contributed by atoms with Crippen LogP contribution in [0.2, 0.25) is 0 Å². The third-order valence-corrected chi connectivity index (χ3v) is 4.79. The zero-order chi connectivity index (χ0) is 19.2. The van der Waals surface area contributed by atoms with Gasteiger partial charge in [-0.3, -0.25) is 4.79 Å². The second kappa shape index (κ2) is 9.03. The minimum Gasteiger partial charge on any atom is -0.493 e. The van der Waals surface area contributed by atoms with Crippen LogP contribution in [-0.2, 0) is 14.3 Å². The van der Waals surface area contributed by atoms with Crippen LogP contribution in [0.25, 0.3) is 0 Å². The molecule has 1 N–H and O–H groups in total. The lowest BCUT2D eigenvalue weighted by atomic mass is 9.78. The van der Waals surface area contributed by atoms with Crippen molar-refractivity contribution in [1.82, 2.24) is 0 Å². The average Bonchev–Trinajstić information content (AvgIpc) is 2.63. The van der Waals surface area contributed by atoms with E-state index in [1.54, 1.807) is 32.2 Å². The van der Waals surface area contributed by atoms with Gasteiger partial charge < -0.3 is 19.5 Å². The zero-order valence-electron chi connectivity index (χ0n) is 16.1. The van der Waals surface area contributed by atoms with Crippen LogP contribution >= 0.6 is 0 Å². The predicted molar refractivity (Wildman–Crippen MR) is 99.6 cm³/mol. The van der Waals surface area contributed by atoms with Gasteiger partial charge in [-0.25, -0.2) is 4.79 Å². The van der Waals surface area contributed by atoms with E-state index < -0.39 is 11.6 Å². The highest BCUT2D eigenvalue weighted by Gasteiger charge is 2.42. The topological polar surface area (TPSA) is 73.9 Å². The molecule has 6 heteroatoms. The number of hydrogen-bond donors (Lipinski definition) is 1. The molecule has 26 heavy (non-hydrogen) atoms. The standard InChI is InChI=1S/C20H29NO5/c1-5-25-17-10-9-15(12-16(17)18(22)26-6-2)21-19(23)20(24-4)11-7-8-14(3)13-20/h9-10,12,14H,5-8,11,13H2,1-4H3,(H,21,23). The number of benzene rings is 1. The lowest BCUT2D eigenvalue weighted by Gasteiger charge is -2.37. The normalized spacial score (nSPS) is 22.5. The monoisotopic (exact) mass is 363 g/mol. The Balaban J connectivity index is 2.23. The Hall–Kier alpha value is -2.08. The van der Waals surface area contributed by atoms with Crippen LogP contribution in [0.3, 0.4) is 0 Å². The number of amides is 1. The van der Waals surface area contributed by atoms with Crippen molar-refractivity contribution in [3.8, 4) is 5.75 Å². The van der Waals surface area contributed by atoms with Crippen LogP contribution in [-0.4, -0.2) is 37.8 Å². The largest absolute Gasteiger partial charge is 0.493 e. The number of carbonyl (C=O) groups is 2. The van der Waals surface area contributed by atoms with Crippen LogP contribution in [0.4, 0.5) is 5.69 Å². The summed E-state index contributed by atoms with van der Waals surface area (Å²) in [6.07, 6.45) is 3.45. The molecule has 0 heterocycles. The van der Waals surface area contributed by atoms with E-state index in [1.807, 2.05) is 6.92 Å². The summed E-state index contributed by atoms with van der Waals surface area (Å²) >= 11 is 0. The number of ether oxygens (including phenoxy) is 3. The Morgan fingerprint density at radius 2 is 2.04 bits per heavy atom. The minimum atomic E-state index is -0.819. The highest BCUT2D eigenvalue weighted by atomic mass is 16.5. The van der Waals surface area contributed by atoms with Gasteiger partial charge in [-0.05, 0) is 57.2 Å². The van der Waals surface area contributed by atoms with Crippen molar-refractivity contribution in [2.24, 2.45) is 5.92 Å². The van der Waals surface area contributed by atoms with Gasteiger partial charge in [0.2, 0.25) is 0 Å². The molecule has 1 aromatic rings. The van der Waals surface area contributed by atoms with Gasteiger partial charge in [0.15, 0.2) is 0 Å². The summed E-state index contributed by atoms with van der Waals surface area (Å²) in [5.41, 5.74) is 0.00603. The van der Waals surface area contributed by atoms with Crippen molar-refractivity contribution in [3.05, 3.63) is 23.8 Å². The van der Waals surface area contributed by atoms with Crippen LogP contribution in [0.5, 0.6) is 5.75 Å². The summed E-state index contributed by atoms with van der Waals surface area (Å²) in [7, 11) is 1.58. The predicted octanol–water partition coefficient (Wildman–Crippen LogP) is 3.80. The molecule has 0 aliphatic heterocycles. The summed E-state index contributed by atoms with van der Waals surface area (Å²) in [5.74, 6) is 0.229. The van der Waals surface area contributed by atoms with Crippen molar-refractivity contribution in [2.45, 2.75) is 52.1 Å². The number of rotatable bonds is 7. The van der Waals surface area contributed by atoms with E-state index in [0.29, 0.717) is 42.4 Å². The first-order valence-corrected chi connectivity index (χ1v) is 9.26. The Kier molecular flexibility index (Phi) is 7.03. The molecule has 1 fully saturated rings. The molecule has 0 spiro atoms. The molecule has 6 nitrogen and oxygen atoms in total. The van der Waals surface area contributed by atoms with E-state index in [4.69, 9.17) is 14.2 Å². The van der Waals surface area contributed by atoms with Crippen LogP contribution in [0.15, 0.2) is 18.2 Å². The van der Waals surface area contributed by atoms with E-state index in [1.165, 1.54) is 0 Å². The molecule has 144 valence electrons. The summed E-state index contributed by atoms with van der Waals surface area (Å²) < 4.78 is 16.2. The molecule has 0 bridgehead atoms. The maximum Gasteiger partial charge on any atom is 0.341 e. The number of esters is 1. The van der Waals surface area contributed by atoms with Gasteiger partial charge >= 0.3 is 5.97 Å². The molecule has 0 radical (unpaired) electrons. The van der Waals surface area contributed by atoms with Crippen molar-refractivity contribution in [3.63, 3.8) is 0 Å². The molecule has 2 rings (SSSR count). The van der Waals surface area contributed by atoms with Crippen molar-refractivity contribution in [2.75, 3.05) is 25.6 Å². The number of carbonyl (C=O) groups excluding carboxylic acids is 2. The lowest BCUT2D eigenvalue weighted by molar-refractivity contribution is -0.143. The van der Waals surface area contributed by atoms with E-state index >= 15 is 0 Å². The van der Waals surface area contributed by atoms with Gasteiger partial charge in [0.25, 0.3) is 5.91 Å². The maximum absolute atomic E-state index is 12.9. The summed E-state index contributed by atoms with van der Waals surface area (Å²) in [6, 6.07) is 4.99. The molecular formula is C20H29NO5. The van der Waals surface area contributed by atoms with Gasteiger partial charge in [-0.15, -0.1) is 0 Å². The van der Waals surface area contributed by atoms with Crippen LogP contribution < -0.4 is 10.1 Å². The second-order valence-electron chi connectivity index (χ2n) is 6.72. The SMILES string of the molecule is CCOC(=O)c1cc(NC(=O)C2(OC)CCCC(C)C2)ccc1OCC. The van der Waals surface area contributed by atoms with E-state index in [2.05, 4.69) is 12.2 Å². The first kappa shape index (κ1) is 20.2. The van der Waals surface area contributed by atoms with E-state index in [0.717, 1.165) is 12.8 Å². The highest BCUT2D eigenvalue weighted by molar-refractivity contribution is 5.99. The van der Waals surface area contributed by atoms with Crippen LogP contribution in [0.1, 0.15) is 56.8 Å². The van der Waals surface area contributed by atoms with Gasteiger partial charge in [-0.1, -0.05) is 13.3 Å². The molecule has 2 unspecified atom stereocenters. The molecule has 1 aromatic carbocycles. The number of nitrogens with one attached hydrogen (secondary N) is 1. The van der Waals surface area contributed by atoms with E-state index in [-0.39, 0.29) is 12.5 Å². The maximum atomic E-state index is 12.9. The molecule has 2 atom stereocenters. The van der Waals surface area contributed by atoms with Gasteiger partial charge in [0.1, 0.15) is 16.9 Å². The van der Waals surface area contributed by atoms with Crippen molar-refractivity contribution < 1.29 is 23.8 Å². The molecule has 1 saturated carbocycles. The lowest BCUT2D eigenvalue weighted by Crippen LogP contribution is -2.47. The molecule has 0 saturated heterocycles. The van der Waals surface area contributed by atoms with E-state index in [9.17, 15) is 9.59 Å². The first-order chi connectivity index (χ1) is 12.5. The fourth-order valence-electron chi connectivity index (χ4n) is 3.49. The zero-order valence-corrected chi connectivity index (χ0v) is 16.1. The molecule has 0 aromatic heterocycles. The highest BCUT2D eigenvalue weighted by Crippen LogP contribution is 2.36. The van der Waals surface area contributed by atoms with Crippen molar-refractivity contribution in [1.29, 1.82) is 0 Å². The Morgan fingerprint density at radius 1 is 1.27 bits per heavy atom. The Morgan fingerprint density at radius 3 is 2.65 bits per heavy atom. The number of hydrogen-bond acceptors (Lipinski definition) is 5. The Bertz CT molecular complexity index is 645. The number of anilines is 1. The summed E-state index contributed by atoms with van der Waals surface area (Å²) in [5, 5.41) is 2.90. The fourth-order valence-corrected chi connectivity index (χ4v) is 3.49. The average molecular weight is 363 g/mol. The second-order valence-corrected chi connectivity index (χ2v) is 6.72. The quantitative estimate of drug-likeness (QED) is 0.746. The minimum absolute atomic E-state index is 0.175. The van der Waals surface area contributed by atoms with Crippen molar-refractivity contribution >= 4 is 17.6 Å². The number of methoxy groups -OCH3 is 1. The Labute approximate surface area is 155 Å². The third kappa shape index (κ3) is 4.55. The molecule has 1 amide bonds. The fraction of sp³-hybridized carbons (Fsp3) is 0.600. The van der Waals surface area contributed by atoms with Gasteiger partial charge in [0.05, 0.1) is 13.2 Å². The van der Waals surface area contributed by atoms with Gasteiger partial charge in [-0.2, -0.15) is 0 Å². The van der Waals surface area contributed by atoms with Gasteiger partial charge in [0, 0.05) is 12.8 Å². The van der Waals surface area contributed by atoms with Crippen LogP contribution in [0, 0.1) is 5.92 Å². The summed E-state index contributed by atoms with van der Waals surface area (Å²) in [4.78, 5) is 25.1. The molecular weight excluding hydrogens is 334 g/mol. The smallest absolute Gasteiger partial charge is 0.341 e. The summed E-state index contributed by atoms with van der Waals surface area (Å²) in [6.45, 7) is 6.43. The first-order valence-electron chi connectivity index (χ1n) is 9.26.